The maximum absolute atomic E-state index is 13.2. The fraction of sp³-hybridized carbons (Fsp3) is 0.364. The van der Waals surface area contributed by atoms with Crippen molar-refractivity contribution >= 4 is 66.4 Å². The molecule has 1 heterocycles. The minimum atomic E-state index is -3.80. The van der Waals surface area contributed by atoms with Crippen LogP contribution in [0.3, 0.4) is 0 Å². The van der Waals surface area contributed by atoms with Crippen molar-refractivity contribution in [1.82, 2.24) is 9.88 Å². The SMILES string of the molecule is CCN(CC)CCN(C(=O)CS(=O)(=O)c1ccc(Cl)cc1)c1nc2c(C)cccc2s1.Cl. The quantitative estimate of drug-likeness (QED) is 0.408. The Labute approximate surface area is 204 Å². The minimum absolute atomic E-state index is 0. The number of aromatic nitrogens is 1. The van der Waals surface area contributed by atoms with Crippen molar-refractivity contribution in [2.24, 2.45) is 0 Å². The lowest BCUT2D eigenvalue weighted by atomic mass is 10.2. The second-order valence-corrected chi connectivity index (χ2v) is 10.6. The van der Waals surface area contributed by atoms with Gasteiger partial charge in [-0.1, -0.05) is 48.9 Å². The fourth-order valence-corrected chi connectivity index (χ4v) is 5.68. The lowest BCUT2D eigenvalue weighted by Crippen LogP contribution is -2.41. The fourth-order valence-electron chi connectivity index (χ4n) is 3.26. The Morgan fingerprint density at radius 2 is 1.72 bits per heavy atom. The minimum Gasteiger partial charge on any atom is -0.302 e. The first kappa shape index (κ1) is 26.5. The van der Waals surface area contributed by atoms with Gasteiger partial charge in [-0.05, 0) is 55.9 Å². The van der Waals surface area contributed by atoms with E-state index in [2.05, 4.69) is 23.7 Å². The summed E-state index contributed by atoms with van der Waals surface area (Å²) in [5, 5.41) is 0.962. The molecule has 1 amide bonds. The van der Waals surface area contributed by atoms with Crippen molar-refractivity contribution in [3.63, 3.8) is 0 Å². The maximum atomic E-state index is 13.2. The van der Waals surface area contributed by atoms with Gasteiger partial charge in [0, 0.05) is 18.1 Å². The van der Waals surface area contributed by atoms with Crippen molar-refractivity contribution in [3.8, 4) is 0 Å². The molecule has 0 aliphatic rings. The number of nitrogens with zero attached hydrogens (tertiary/aromatic N) is 3. The van der Waals surface area contributed by atoms with E-state index in [9.17, 15) is 13.2 Å². The number of aryl methyl sites for hydroxylation is 1. The van der Waals surface area contributed by atoms with Crippen LogP contribution in [0.5, 0.6) is 0 Å². The molecule has 3 rings (SSSR count). The molecular formula is C22H27Cl2N3O3S2. The van der Waals surface area contributed by atoms with Gasteiger partial charge in [0.2, 0.25) is 5.91 Å². The third-order valence-corrected chi connectivity index (χ3v) is 8.07. The molecule has 0 aliphatic heterocycles. The number of hydrogen-bond donors (Lipinski definition) is 0. The maximum Gasteiger partial charge on any atom is 0.244 e. The van der Waals surface area contributed by atoms with E-state index in [1.54, 1.807) is 0 Å². The van der Waals surface area contributed by atoms with E-state index in [1.807, 2.05) is 25.1 Å². The number of rotatable bonds is 9. The number of thiazole rings is 1. The highest BCUT2D eigenvalue weighted by Gasteiger charge is 2.27. The number of hydrogen-bond acceptors (Lipinski definition) is 6. The van der Waals surface area contributed by atoms with Gasteiger partial charge in [-0.25, -0.2) is 13.4 Å². The number of carbonyl (C=O) groups is 1. The summed E-state index contributed by atoms with van der Waals surface area (Å²) in [6, 6.07) is 11.7. The molecule has 0 N–H and O–H groups in total. The number of benzene rings is 2. The van der Waals surface area contributed by atoms with Gasteiger partial charge in [0.05, 0.1) is 15.1 Å². The molecule has 174 valence electrons. The Morgan fingerprint density at radius 3 is 2.31 bits per heavy atom. The molecule has 2 aromatic carbocycles. The van der Waals surface area contributed by atoms with Crippen LogP contribution in [-0.2, 0) is 14.6 Å². The van der Waals surface area contributed by atoms with Crippen LogP contribution >= 0.6 is 35.3 Å². The van der Waals surface area contributed by atoms with Crippen molar-refractivity contribution < 1.29 is 13.2 Å². The van der Waals surface area contributed by atoms with Crippen molar-refractivity contribution in [2.75, 3.05) is 36.8 Å². The summed E-state index contributed by atoms with van der Waals surface area (Å²) in [5.41, 5.74) is 1.86. The summed E-state index contributed by atoms with van der Waals surface area (Å²) in [7, 11) is -3.80. The number of likely N-dealkylation sites (N-methyl/N-ethyl adjacent to an activating group) is 1. The van der Waals surface area contributed by atoms with E-state index in [-0.39, 0.29) is 17.3 Å². The van der Waals surface area contributed by atoms with E-state index in [4.69, 9.17) is 11.6 Å². The number of carbonyl (C=O) groups excluding carboxylic acids is 1. The van der Waals surface area contributed by atoms with E-state index in [0.29, 0.717) is 23.2 Å². The van der Waals surface area contributed by atoms with Gasteiger partial charge in [0.1, 0.15) is 5.75 Å². The van der Waals surface area contributed by atoms with Gasteiger partial charge in [0.25, 0.3) is 0 Å². The molecule has 1 aromatic heterocycles. The van der Waals surface area contributed by atoms with Gasteiger partial charge < -0.3 is 4.90 Å². The average molecular weight is 517 g/mol. The molecule has 10 heteroatoms. The lowest BCUT2D eigenvalue weighted by Gasteiger charge is -2.24. The molecular weight excluding hydrogens is 489 g/mol. The number of amides is 1. The molecule has 0 radical (unpaired) electrons. The summed E-state index contributed by atoms with van der Waals surface area (Å²) in [5.74, 6) is -1.11. The molecule has 3 aromatic rings. The highest BCUT2D eigenvalue weighted by molar-refractivity contribution is 7.92. The zero-order valence-corrected chi connectivity index (χ0v) is 21.5. The number of sulfone groups is 1. The Balaban J connectivity index is 0.00000363. The standard InChI is InChI=1S/C22H26ClN3O3S2.ClH/c1-4-25(5-2)13-14-26(22-24-21-16(3)7-6-8-19(21)30-22)20(27)15-31(28,29)18-11-9-17(23)10-12-18;/h6-12H,4-5,13-15H2,1-3H3;1H. The molecule has 0 saturated carbocycles. The Kier molecular flexibility index (Phi) is 9.48. The molecule has 0 aliphatic carbocycles. The third-order valence-electron chi connectivity index (χ3n) is 5.16. The lowest BCUT2D eigenvalue weighted by molar-refractivity contribution is -0.116. The largest absolute Gasteiger partial charge is 0.302 e. The first-order valence-corrected chi connectivity index (χ1v) is 13.0. The van der Waals surface area contributed by atoms with Gasteiger partial charge in [-0.15, -0.1) is 12.4 Å². The van der Waals surface area contributed by atoms with Crippen molar-refractivity contribution in [2.45, 2.75) is 25.7 Å². The smallest absolute Gasteiger partial charge is 0.244 e. The highest BCUT2D eigenvalue weighted by Crippen LogP contribution is 2.31. The summed E-state index contributed by atoms with van der Waals surface area (Å²) >= 11 is 7.27. The molecule has 6 nitrogen and oxygen atoms in total. The van der Waals surface area contributed by atoms with Crippen LogP contribution in [0.1, 0.15) is 19.4 Å². The van der Waals surface area contributed by atoms with Crippen LogP contribution in [0.4, 0.5) is 5.13 Å². The van der Waals surface area contributed by atoms with E-state index in [1.165, 1.54) is 40.5 Å². The molecule has 0 bridgehead atoms. The molecule has 0 unspecified atom stereocenters. The van der Waals surface area contributed by atoms with Gasteiger partial charge in [-0.3, -0.25) is 9.69 Å². The van der Waals surface area contributed by atoms with Crippen LogP contribution in [0.25, 0.3) is 10.2 Å². The Bertz CT molecular complexity index is 1160. The van der Waals surface area contributed by atoms with Crippen LogP contribution in [0.15, 0.2) is 47.4 Å². The molecule has 32 heavy (non-hydrogen) atoms. The predicted molar refractivity (Wildman–Crippen MR) is 135 cm³/mol. The first-order valence-electron chi connectivity index (χ1n) is 10.1. The van der Waals surface area contributed by atoms with Crippen molar-refractivity contribution in [3.05, 3.63) is 53.1 Å². The van der Waals surface area contributed by atoms with Crippen LogP contribution in [-0.4, -0.2) is 56.1 Å². The van der Waals surface area contributed by atoms with Crippen LogP contribution in [0, 0.1) is 6.92 Å². The average Bonchev–Trinajstić information content (AvgIpc) is 3.16. The topological polar surface area (TPSA) is 70.6 Å². The summed E-state index contributed by atoms with van der Waals surface area (Å²) in [6.45, 7) is 8.79. The van der Waals surface area contributed by atoms with Crippen LogP contribution in [0.2, 0.25) is 5.02 Å². The third kappa shape index (κ3) is 6.20. The predicted octanol–water partition coefficient (Wildman–Crippen LogP) is 4.83. The summed E-state index contributed by atoms with van der Waals surface area (Å²) in [6.07, 6.45) is 0. The Morgan fingerprint density at radius 1 is 1.06 bits per heavy atom. The summed E-state index contributed by atoms with van der Waals surface area (Å²) < 4.78 is 26.7. The summed E-state index contributed by atoms with van der Waals surface area (Å²) in [4.78, 5) is 21.7. The van der Waals surface area contributed by atoms with E-state index in [0.717, 1.165) is 28.9 Å². The van der Waals surface area contributed by atoms with Gasteiger partial charge in [-0.2, -0.15) is 0 Å². The monoisotopic (exact) mass is 515 g/mol. The molecule has 0 spiro atoms. The second kappa shape index (κ2) is 11.4. The van der Waals surface area contributed by atoms with Gasteiger partial charge in [0.15, 0.2) is 15.0 Å². The zero-order valence-electron chi connectivity index (χ0n) is 18.2. The van der Waals surface area contributed by atoms with E-state index >= 15 is 0 Å². The second-order valence-electron chi connectivity index (χ2n) is 7.20. The van der Waals surface area contributed by atoms with Gasteiger partial charge >= 0.3 is 0 Å². The van der Waals surface area contributed by atoms with Crippen molar-refractivity contribution in [1.29, 1.82) is 0 Å². The number of halogens is 2. The highest BCUT2D eigenvalue weighted by atomic mass is 35.5. The number of anilines is 1. The first-order chi connectivity index (χ1) is 14.7. The zero-order chi connectivity index (χ0) is 22.6. The Hall–Kier alpha value is -1.71. The molecule has 0 fully saturated rings. The normalized spacial score (nSPS) is 11.5. The molecule has 0 atom stereocenters. The van der Waals surface area contributed by atoms with Crippen LogP contribution < -0.4 is 4.90 Å². The molecule has 0 saturated heterocycles. The number of para-hydroxylation sites is 1. The van der Waals surface area contributed by atoms with E-state index < -0.39 is 21.5 Å². The number of fused-ring (bicyclic) bond motifs is 1.